The molecular weight excluding hydrogens is 348 g/mol. The van der Waals surface area contributed by atoms with Gasteiger partial charge in [0.2, 0.25) is 0 Å². The van der Waals surface area contributed by atoms with Crippen molar-refractivity contribution in [3.8, 4) is 5.75 Å². The van der Waals surface area contributed by atoms with E-state index in [2.05, 4.69) is 29.3 Å². The Bertz CT molecular complexity index is 746. The smallest absolute Gasteiger partial charge is 0.251 e. The Morgan fingerprint density at radius 3 is 2.81 bits per heavy atom. The van der Waals surface area contributed by atoms with Crippen LogP contribution in [0, 0.1) is 0 Å². The van der Waals surface area contributed by atoms with Crippen LogP contribution in [0.4, 0.5) is 0 Å². The van der Waals surface area contributed by atoms with E-state index in [0.29, 0.717) is 23.9 Å². The van der Waals surface area contributed by atoms with Crippen LogP contribution in [-0.2, 0) is 13.0 Å². The first-order valence-corrected chi connectivity index (χ1v) is 9.54. The molecule has 1 aliphatic heterocycles. The molecule has 1 N–H and O–H groups in total. The first kappa shape index (κ1) is 18.7. The minimum atomic E-state index is -0.0753. The Labute approximate surface area is 160 Å². The number of nitrogens with zero attached hydrogens (tertiary/aromatic N) is 1. The Hall–Kier alpha value is -2.04. The highest BCUT2D eigenvalue weighted by molar-refractivity contribution is 6.30. The predicted octanol–water partition coefficient (Wildman–Crippen LogP) is 4.26. The molecule has 4 nitrogen and oxygen atoms in total. The van der Waals surface area contributed by atoms with Crippen LogP contribution in [0.1, 0.15) is 41.3 Å². The largest absolute Gasteiger partial charge is 0.478 e. The quantitative estimate of drug-likeness (QED) is 0.789. The molecule has 1 heterocycles. The van der Waals surface area contributed by atoms with Crippen molar-refractivity contribution in [1.82, 2.24) is 10.2 Å². The summed E-state index contributed by atoms with van der Waals surface area (Å²) in [6.07, 6.45) is 3.17. The van der Waals surface area contributed by atoms with E-state index in [0.717, 1.165) is 25.3 Å². The van der Waals surface area contributed by atoms with Gasteiger partial charge in [-0.2, -0.15) is 0 Å². The Balaban J connectivity index is 1.52. The summed E-state index contributed by atoms with van der Waals surface area (Å²) in [5.74, 6) is 0.903. The minimum absolute atomic E-state index is 0.0753. The molecule has 0 saturated carbocycles. The molecule has 0 radical (unpaired) electrons. The van der Waals surface area contributed by atoms with Crippen molar-refractivity contribution in [3.05, 3.63) is 64.2 Å². The maximum atomic E-state index is 12.1. The second-order valence-corrected chi connectivity index (χ2v) is 7.07. The maximum Gasteiger partial charge on any atom is 0.251 e. The summed E-state index contributed by atoms with van der Waals surface area (Å²) in [7, 11) is 0. The fraction of sp³-hybridized carbons (Fsp3) is 0.381. The van der Waals surface area contributed by atoms with Gasteiger partial charge in [0.1, 0.15) is 12.5 Å². The van der Waals surface area contributed by atoms with Gasteiger partial charge in [-0.15, -0.1) is 0 Å². The highest BCUT2D eigenvalue weighted by Crippen LogP contribution is 2.26. The topological polar surface area (TPSA) is 41.6 Å². The number of hydrogen-bond acceptors (Lipinski definition) is 3. The molecule has 0 atom stereocenters. The number of rotatable bonds is 7. The number of nitrogens with one attached hydrogen (secondary N) is 1. The Morgan fingerprint density at radius 1 is 1.23 bits per heavy atom. The number of ether oxygens (including phenoxy) is 1. The number of halogens is 1. The summed E-state index contributed by atoms with van der Waals surface area (Å²) < 4.78 is 5.84. The number of unbranched alkanes of at least 4 members (excludes halogenated alkanes) is 1. The van der Waals surface area contributed by atoms with Gasteiger partial charge in [-0.3, -0.25) is 9.69 Å². The maximum absolute atomic E-state index is 12.1. The predicted molar refractivity (Wildman–Crippen MR) is 105 cm³/mol. The van der Waals surface area contributed by atoms with E-state index < -0.39 is 0 Å². The van der Waals surface area contributed by atoms with Crippen LogP contribution in [0.25, 0.3) is 0 Å². The standard InChI is InChI=1S/C21H25ClN2O2/c1-2-3-12-24-14-18-13-16(4-9-20(18)26-15-24)10-11-23-21(25)17-5-7-19(22)8-6-17/h4-9,13H,2-3,10-12,14-15H2,1H3,(H,23,25). The second-order valence-electron chi connectivity index (χ2n) is 6.63. The number of hydrogen-bond donors (Lipinski definition) is 1. The molecule has 0 bridgehead atoms. The molecule has 0 unspecified atom stereocenters. The van der Waals surface area contributed by atoms with Crippen LogP contribution in [0.3, 0.4) is 0 Å². The van der Waals surface area contributed by atoms with E-state index in [1.807, 2.05) is 6.07 Å². The second kappa shape index (κ2) is 9.06. The lowest BCUT2D eigenvalue weighted by molar-refractivity contribution is 0.0938. The summed E-state index contributed by atoms with van der Waals surface area (Å²) in [4.78, 5) is 14.5. The molecule has 138 valence electrons. The number of fused-ring (bicyclic) bond motifs is 1. The fourth-order valence-corrected chi connectivity index (χ4v) is 3.18. The lowest BCUT2D eigenvalue weighted by Gasteiger charge is -2.29. The minimum Gasteiger partial charge on any atom is -0.478 e. The summed E-state index contributed by atoms with van der Waals surface area (Å²) >= 11 is 5.85. The molecule has 0 fully saturated rings. The van der Waals surface area contributed by atoms with Gasteiger partial charge >= 0.3 is 0 Å². The third kappa shape index (κ3) is 4.99. The molecule has 0 aromatic heterocycles. The SMILES string of the molecule is CCCCN1COc2ccc(CCNC(=O)c3ccc(Cl)cc3)cc2C1. The summed E-state index contributed by atoms with van der Waals surface area (Å²) in [6, 6.07) is 13.2. The summed E-state index contributed by atoms with van der Waals surface area (Å²) in [5.41, 5.74) is 3.06. The van der Waals surface area contributed by atoms with Gasteiger partial charge < -0.3 is 10.1 Å². The highest BCUT2D eigenvalue weighted by Gasteiger charge is 2.17. The molecule has 0 saturated heterocycles. The van der Waals surface area contributed by atoms with Crippen molar-refractivity contribution < 1.29 is 9.53 Å². The van der Waals surface area contributed by atoms with Gasteiger partial charge in [-0.05, 0) is 48.7 Å². The molecule has 0 spiro atoms. The number of amides is 1. The molecule has 3 rings (SSSR count). The molecule has 1 aliphatic rings. The molecule has 5 heteroatoms. The van der Waals surface area contributed by atoms with E-state index in [4.69, 9.17) is 16.3 Å². The zero-order valence-electron chi connectivity index (χ0n) is 15.1. The van der Waals surface area contributed by atoms with Crippen LogP contribution in [0.2, 0.25) is 5.02 Å². The molecule has 2 aromatic rings. The third-order valence-corrected chi connectivity index (χ3v) is 4.81. The summed E-state index contributed by atoms with van der Waals surface area (Å²) in [6.45, 7) is 5.47. The average molecular weight is 373 g/mol. The number of carbonyl (C=O) groups is 1. The molecular formula is C21H25ClN2O2. The van der Waals surface area contributed by atoms with Gasteiger partial charge in [0, 0.05) is 35.8 Å². The molecule has 0 aliphatic carbocycles. The molecule has 26 heavy (non-hydrogen) atoms. The number of benzene rings is 2. The van der Waals surface area contributed by atoms with E-state index in [9.17, 15) is 4.79 Å². The van der Waals surface area contributed by atoms with Crippen LogP contribution in [0.15, 0.2) is 42.5 Å². The van der Waals surface area contributed by atoms with Crippen LogP contribution >= 0.6 is 11.6 Å². The van der Waals surface area contributed by atoms with Crippen molar-refractivity contribution in [2.24, 2.45) is 0 Å². The zero-order chi connectivity index (χ0) is 18.4. The van der Waals surface area contributed by atoms with Crippen LogP contribution in [-0.4, -0.2) is 30.6 Å². The monoisotopic (exact) mass is 372 g/mol. The van der Waals surface area contributed by atoms with Crippen molar-refractivity contribution in [3.63, 3.8) is 0 Å². The van der Waals surface area contributed by atoms with Gasteiger partial charge in [-0.25, -0.2) is 0 Å². The van der Waals surface area contributed by atoms with Gasteiger partial charge in [0.25, 0.3) is 5.91 Å². The molecule has 2 aromatic carbocycles. The first-order chi connectivity index (χ1) is 12.7. The van der Waals surface area contributed by atoms with Crippen molar-refractivity contribution in [2.75, 3.05) is 19.8 Å². The van der Waals surface area contributed by atoms with Crippen molar-refractivity contribution in [2.45, 2.75) is 32.7 Å². The first-order valence-electron chi connectivity index (χ1n) is 9.16. The zero-order valence-corrected chi connectivity index (χ0v) is 15.9. The van der Waals surface area contributed by atoms with Gasteiger partial charge in [0.15, 0.2) is 0 Å². The fourth-order valence-electron chi connectivity index (χ4n) is 3.05. The van der Waals surface area contributed by atoms with Crippen molar-refractivity contribution >= 4 is 17.5 Å². The highest BCUT2D eigenvalue weighted by atomic mass is 35.5. The van der Waals surface area contributed by atoms with Crippen LogP contribution < -0.4 is 10.1 Å². The Kier molecular flexibility index (Phi) is 6.53. The van der Waals surface area contributed by atoms with Crippen LogP contribution in [0.5, 0.6) is 5.75 Å². The van der Waals surface area contributed by atoms with Gasteiger partial charge in [0.05, 0.1) is 0 Å². The van der Waals surface area contributed by atoms with E-state index in [-0.39, 0.29) is 5.91 Å². The lowest BCUT2D eigenvalue weighted by atomic mass is 10.1. The third-order valence-electron chi connectivity index (χ3n) is 4.56. The normalized spacial score (nSPS) is 13.8. The van der Waals surface area contributed by atoms with Crippen molar-refractivity contribution in [1.29, 1.82) is 0 Å². The Morgan fingerprint density at radius 2 is 2.04 bits per heavy atom. The van der Waals surface area contributed by atoms with Gasteiger partial charge in [-0.1, -0.05) is 37.1 Å². The van der Waals surface area contributed by atoms with E-state index in [1.54, 1.807) is 24.3 Å². The lowest BCUT2D eigenvalue weighted by Crippen LogP contribution is -2.32. The average Bonchev–Trinajstić information content (AvgIpc) is 2.66. The molecule has 1 amide bonds. The summed E-state index contributed by atoms with van der Waals surface area (Å²) in [5, 5.41) is 3.59. The number of carbonyl (C=O) groups excluding carboxylic acids is 1. The van der Waals surface area contributed by atoms with E-state index in [1.165, 1.54) is 24.0 Å². The van der Waals surface area contributed by atoms with E-state index >= 15 is 0 Å².